The number of carboxylic acid groups (broad SMARTS) is 1. The summed E-state index contributed by atoms with van der Waals surface area (Å²) in [5.41, 5.74) is 6.01. The highest BCUT2D eigenvalue weighted by Crippen LogP contribution is 2.38. The van der Waals surface area contributed by atoms with E-state index in [2.05, 4.69) is 0 Å². The van der Waals surface area contributed by atoms with Gasteiger partial charge in [-0.2, -0.15) is 0 Å². The Morgan fingerprint density at radius 3 is 1.82 bits per heavy atom. The van der Waals surface area contributed by atoms with Crippen LogP contribution in [0.15, 0.2) is 85.1 Å². The topological polar surface area (TPSA) is 316 Å². The summed E-state index contributed by atoms with van der Waals surface area (Å²) in [7, 11) is 0. The molecule has 0 spiro atoms. The molecule has 3 aliphatic rings. The van der Waals surface area contributed by atoms with Crippen molar-refractivity contribution < 1.29 is 84.4 Å². The van der Waals surface area contributed by atoms with Crippen LogP contribution < -0.4 is 5.73 Å². The van der Waals surface area contributed by atoms with Crippen molar-refractivity contribution in [2.24, 2.45) is 23.5 Å². The number of hydrogen-bond donors (Lipinski definition) is 11. The maximum atomic E-state index is 12.7. The Balaban J connectivity index is 1.86. The van der Waals surface area contributed by atoms with Crippen LogP contribution in [0.3, 0.4) is 0 Å². The van der Waals surface area contributed by atoms with E-state index >= 15 is 0 Å². The first-order valence-corrected chi connectivity index (χ1v) is 22.2. The summed E-state index contributed by atoms with van der Waals surface area (Å²) in [6.45, 7) is 6.70. The largest absolute Gasteiger partial charge is 0.481 e. The second kappa shape index (κ2) is 27.2. The van der Waals surface area contributed by atoms with Crippen molar-refractivity contribution >= 4 is 17.7 Å². The second-order valence-corrected chi connectivity index (χ2v) is 17.4. The lowest BCUT2D eigenvalue weighted by atomic mass is 9.82. The zero-order chi connectivity index (χ0) is 48.4. The van der Waals surface area contributed by atoms with Crippen molar-refractivity contribution in [3.63, 3.8) is 0 Å². The first kappa shape index (κ1) is 55.6. The zero-order valence-electron chi connectivity index (χ0n) is 37.5. The molecule has 12 N–H and O–H groups in total. The molecule has 2 saturated heterocycles. The number of fused-ring (bicyclic) bond motifs is 2. The number of Topliss-reactive ketones (excluding diaryl/α,β-unsaturated/α-hetero) is 1. The number of carbonyl (C=O) groups excluding carboxylic acids is 2. The summed E-state index contributed by atoms with van der Waals surface area (Å²) in [6, 6.07) is -1.15. The molecular weight excluding hydrogens is 851 g/mol. The number of allylic oxidation sites excluding steroid dienone is 12. The Morgan fingerprint density at radius 1 is 0.692 bits per heavy atom. The number of carbonyl (C=O) groups is 3. The first-order chi connectivity index (χ1) is 30.6. The van der Waals surface area contributed by atoms with E-state index in [1.54, 1.807) is 86.8 Å². The molecule has 3 aliphatic heterocycles. The van der Waals surface area contributed by atoms with Crippen LogP contribution in [0, 0.1) is 17.8 Å². The Kier molecular flexibility index (Phi) is 23.2. The number of hydrogen-bond acceptors (Lipinski definition) is 17. The maximum absolute atomic E-state index is 12.7. The molecule has 0 amide bonds. The normalized spacial score (nSPS) is 44.4. The van der Waals surface area contributed by atoms with Crippen LogP contribution in [0.2, 0.25) is 0 Å². The minimum atomic E-state index is -2.38. The van der Waals surface area contributed by atoms with Gasteiger partial charge in [-0.25, -0.2) is 0 Å². The van der Waals surface area contributed by atoms with Crippen LogP contribution in [-0.2, 0) is 33.3 Å². The summed E-state index contributed by atoms with van der Waals surface area (Å²) in [5, 5.41) is 107. The van der Waals surface area contributed by atoms with Gasteiger partial charge in [0.25, 0.3) is 0 Å². The minimum absolute atomic E-state index is 0.291. The Morgan fingerprint density at radius 2 is 1.23 bits per heavy atom. The van der Waals surface area contributed by atoms with Gasteiger partial charge < -0.3 is 75.7 Å². The predicted molar refractivity (Wildman–Crippen MR) is 236 cm³/mol. The molecule has 0 radical (unpaired) electrons. The average molecular weight is 922 g/mol. The highest BCUT2D eigenvalue weighted by molar-refractivity contribution is 5.78. The van der Waals surface area contributed by atoms with Crippen LogP contribution in [0.1, 0.15) is 79.1 Å². The van der Waals surface area contributed by atoms with Crippen molar-refractivity contribution in [1.29, 1.82) is 0 Å². The fourth-order valence-corrected chi connectivity index (χ4v) is 7.82. The number of esters is 1. The number of ketones is 1. The molecule has 18 heteroatoms. The molecule has 3 rings (SSSR count). The van der Waals surface area contributed by atoms with Gasteiger partial charge in [-0.3, -0.25) is 14.4 Å². The molecule has 18 nitrogen and oxygen atoms in total. The van der Waals surface area contributed by atoms with Crippen LogP contribution >= 0.6 is 0 Å². The van der Waals surface area contributed by atoms with E-state index in [-0.39, 0.29) is 31.6 Å². The first-order valence-electron chi connectivity index (χ1n) is 22.2. The molecule has 0 aromatic heterocycles. The zero-order valence-corrected chi connectivity index (χ0v) is 37.5. The number of ether oxygens (including phenoxy) is 4. The third-order valence-corrected chi connectivity index (χ3v) is 11.9. The number of aliphatic hydroxyl groups is 9. The third-order valence-electron chi connectivity index (χ3n) is 11.9. The van der Waals surface area contributed by atoms with Gasteiger partial charge >= 0.3 is 11.9 Å². The minimum Gasteiger partial charge on any atom is -0.481 e. The molecule has 0 aliphatic carbocycles. The fourth-order valence-electron chi connectivity index (χ4n) is 7.82. The van der Waals surface area contributed by atoms with Crippen LogP contribution in [0.5, 0.6) is 0 Å². The molecule has 3 heterocycles. The molecule has 0 aromatic rings. The van der Waals surface area contributed by atoms with E-state index in [4.69, 9.17) is 24.7 Å². The molecule has 2 bridgehead atoms. The standard InChI is InChI=1S/C47H71NO17/c1-27-17-15-13-11-9-7-5-6-8-10-12-14-16-18-34(64-46-44(58)41(48)43(57)30(4)63-46)24-38-40(45(59)60)37(54)26-47(61,65-38)25-36(53)35(52)20-19-31(49)21-32(50)22-33(51)23-39(55)62-29(3)28(2)42(27)56/h5-18,27-30,32-38,40-44,46,50-54,56-58,61H,19-26,48H2,1-4H3,(H,59,60)/b6-5+,9-7+,10-8+,13-11+,14-12+,17-15+,18-16+/t27-,28-,29-,30?,32+,33+,34-,35+,36+,37-,38?,40+,41?,42+,43?,44?,46?,47+/m0/s1. The number of carboxylic acids is 1. The molecule has 0 saturated carbocycles. The van der Waals surface area contributed by atoms with E-state index in [0.717, 1.165) is 0 Å². The van der Waals surface area contributed by atoms with Crippen molar-refractivity contribution in [2.75, 3.05) is 0 Å². The van der Waals surface area contributed by atoms with E-state index in [0.29, 0.717) is 0 Å². The van der Waals surface area contributed by atoms with E-state index in [1.807, 2.05) is 13.0 Å². The summed E-state index contributed by atoms with van der Waals surface area (Å²) >= 11 is 0. The Labute approximate surface area is 380 Å². The number of aliphatic carboxylic acids is 1. The van der Waals surface area contributed by atoms with Crippen molar-refractivity contribution in [3.05, 3.63) is 85.1 Å². The summed E-state index contributed by atoms with van der Waals surface area (Å²) < 4.78 is 23.1. The molecule has 0 aromatic carbocycles. The van der Waals surface area contributed by atoms with E-state index in [9.17, 15) is 65.4 Å². The van der Waals surface area contributed by atoms with Crippen LogP contribution in [0.4, 0.5) is 0 Å². The lowest BCUT2D eigenvalue weighted by molar-refractivity contribution is -0.310. The predicted octanol–water partition coefficient (Wildman–Crippen LogP) is 0.920. The average Bonchev–Trinajstić information content (AvgIpc) is 3.21. The van der Waals surface area contributed by atoms with E-state index in [1.165, 1.54) is 13.0 Å². The molecule has 366 valence electrons. The molecule has 6 unspecified atom stereocenters. The van der Waals surface area contributed by atoms with Gasteiger partial charge in [0.15, 0.2) is 12.1 Å². The summed E-state index contributed by atoms with van der Waals surface area (Å²) in [4.78, 5) is 37.8. The van der Waals surface area contributed by atoms with Crippen molar-refractivity contribution in [1.82, 2.24) is 0 Å². The number of aliphatic hydroxyl groups excluding tert-OH is 8. The molecule has 18 atom stereocenters. The maximum Gasteiger partial charge on any atom is 0.311 e. The molecular formula is C47H71NO17. The number of cyclic esters (lactones) is 1. The third kappa shape index (κ3) is 18.5. The smallest absolute Gasteiger partial charge is 0.311 e. The highest BCUT2D eigenvalue weighted by Gasteiger charge is 2.51. The van der Waals surface area contributed by atoms with Crippen molar-refractivity contribution in [2.45, 2.75) is 170 Å². The van der Waals surface area contributed by atoms with Gasteiger partial charge in [0.1, 0.15) is 23.9 Å². The second-order valence-electron chi connectivity index (χ2n) is 17.4. The van der Waals surface area contributed by atoms with Gasteiger partial charge in [0.05, 0.1) is 73.5 Å². The summed E-state index contributed by atoms with van der Waals surface area (Å²) in [6.07, 6.45) is 3.67. The van der Waals surface area contributed by atoms with Gasteiger partial charge in [-0.1, -0.05) is 98.9 Å². The van der Waals surface area contributed by atoms with Crippen LogP contribution in [-0.4, -0.2) is 160 Å². The molecule has 2 fully saturated rings. The molecule has 65 heavy (non-hydrogen) atoms. The van der Waals surface area contributed by atoms with Gasteiger partial charge in [-0.05, 0) is 20.3 Å². The van der Waals surface area contributed by atoms with E-state index < -0.39 is 147 Å². The Hall–Kier alpha value is -3.73. The van der Waals surface area contributed by atoms with Crippen LogP contribution in [0.25, 0.3) is 0 Å². The van der Waals surface area contributed by atoms with Gasteiger partial charge in [0, 0.05) is 50.4 Å². The highest BCUT2D eigenvalue weighted by atomic mass is 16.7. The SMILES string of the molecule is CC1OC(O[C@H]2/C=C/C=C/C=C/C=C/C=C/C=C/C=C/[C@H](C)[C@@H](O)[C@@H](C)[C@H](C)OC(=O)C[C@H](O)C[C@H](O)CC(=O)CC[C@@H](O)[C@H](O)C[C@]3(O)C[C@H](O)[C@@H](C(=O)O)C(C2)O3)C(O)C(N)C1O. The lowest BCUT2D eigenvalue weighted by Gasteiger charge is -2.45. The summed E-state index contributed by atoms with van der Waals surface area (Å²) in [5.74, 6) is -7.51. The number of nitrogens with two attached hydrogens (primary N) is 1. The van der Waals surface area contributed by atoms with Gasteiger partial charge in [-0.15, -0.1) is 0 Å². The van der Waals surface area contributed by atoms with Crippen molar-refractivity contribution in [3.8, 4) is 0 Å². The lowest BCUT2D eigenvalue weighted by Crippen LogP contribution is -2.61. The fraction of sp³-hybridized carbons (Fsp3) is 0.638. The monoisotopic (exact) mass is 921 g/mol. The number of rotatable bonds is 3. The quantitative estimate of drug-likeness (QED) is 0.175. The van der Waals surface area contributed by atoms with Gasteiger partial charge in [0.2, 0.25) is 0 Å². The Bertz CT molecular complexity index is 1710.